The summed E-state index contributed by atoms with van der Waals surface area (Å²) in [5, 5.41) is 6.86. The van der Waals surface area contributed by atoms with Gasteiger partial charge in [0.1, 0.15) is 0 Å². The monoisotopic (exact) mass is 289 g/mol. The van der Waals surface area contributed by atoms with Crippen LogP contribution in [0.1, 0.15) is 0 Å². The van der Waals surface area contributed by atoms with Crippen molar-refractivity contribution in [3.63, 3.8) is 0 Å². The quantitative estimate of drug-likeness (QED) is 0.859. The molecule has 0 aliphatic carbocycles. The maximum absolute atomic E-state index is 5.36. The third kappa shape index (κ3) is 3.62. The Morgan fingerprint density at radius 1 is 1.25 bits per heavy atom. The highest BCUT2D eigenvalue weighted by molar-refractivity contribution is 7.99. The Morgan fingerprint density at radius 2 is 2.15 bits per heavy atom. The van der Waals surface area contributed by atoms with Crippen molar-refractivity contribution in [2.75, 3.05) is 38.6 Å². The number of ether oxygens (including phenoxy) is 1. The van der Waals surface area contributed by atoms with Crippen LogP contribution in [0.4, 0.5) is 0 Å². The van der Waals surface area contributed by atoms with Crippen molar-refractivity contribution >= 4 is 11.8 Å². The van der Waals surface area contributed by atoms with E-state index in [1.807, 2.05) is 24.2 Å². The van der Waals surface area contributed by atoms with Gasteiger partial charge >= 0.3 is 0 Å². The number of benzene rings is 1. The molecular weight excluding hydrogens is 270 g/mol. The van der Waals surface area contributed by atoms with Gasteiger partial charge in [0.25, 0.3) is 0 Å². The van der Waals surface area contributed by atoms with Crippen LogP contribution in [-0.4, -0.2) is 53.7 Å². The van der Waals surface area contributed by atoms with E-state index in [1.165, 1.54) is 10.5 Å². The molecular formula is C15H19N3OS. The Balaban J connectivity index is 1.53. The van der Waals surface area contributed by atoms with Crippen LogP contribution in [-0.2, 0) is 4.74 Å². The molecule has 0 unspecified atom stereocenters. The summed E-state index contributed by atoms with van der Waals surface area (Å²) in [4.78, 5) is 3.79. The molecule has 4 nitrogen and oxygen atoms in total. The van der Waals surface area contributed by atoms with Gasteiger partial charge in [-0.15, -0.1) is 11.8 Å². The van der Waals surface area contributed by atoms with Crippen molar-refractivity contribution in [1.29, 1.82) is 0 Å². The summed E-state index contributed by atoms with van der Waals surface area (Å²) in [5.41, 5.74) is 2.36. The molecule has 2 aromatic rings. The van der Waals surface area contributed by atoms with Crippen molar-refractivity contribution in [1.82, 2.24) is 15.1 Å². The summed E-state index contributed by atoms with van der Waals surface area (Å²) in [6.07, 6.45) is 3.79. The Morgan fingerprint density at radius 3 is 2.95 bits per heavy atom. The van der Waals surface area contributed by atoms with E-state index in [0.29, 0.717) is 0 Å². The maximum Gasteiger partial charge on any atom is 0.0594 e. The lowest BCUT2D eigenvalue weighted by Gasteiger charge is -2.26. The summed E-state index contributed by atoms with van der Waals surface area (Å²) < 4.78 is 5.36. The van der Waals surface area contributed by atoms with Gasteiger partial charge in [-0.1, -0.05) is 12.1 Å². The summed E-state index contributed by atoms with van der Waals surface area (Å²) in [5.74, 6) is 1.12. The van der Waals surface area contributed by atoms with E-state index in [0.717, 1.165) is 44.2 Å². The first-order chi connectivity index (χ1) is 9.92. The first kappa shape index (κ1) is 13.7. The lowest BCUT2D eigenvalue weighted by molar-refractivity contribution is 0.0410. The summed E-state index contributed by atoms with van der Waals surface area (Å²) in [7, 11) is 0. The summed E-state index contributed by atoms with van der Waals surface area (Å²) in [6.45, 7) is 5.01. The van der Waals surface area contributed by atoms with E-state index in [1.54, 1.807) is 0 Å². The maximum atomic E-state index is 5.36. The van der Waals surface area contributed by atoms with E-state index in [4.69, 9.17) is 4.74 Å². The van der Waals surface area contributed by atoms with Crippen LogP contribution in [0.3, 0.4) is 0 Å². The summed E-state index contributed by atoms with van der Waals surface area (Å²) >= 11 is 1.91. The van der Waals surface area contributed by atoms with E-state index in [-0.39, 0.29) is 0 Å². The second-order valence-corrected chi connectivity index (χ2v) is 5.99. The van der Waals surface area contributed by atoms with E-state index in [2.05, 4.69) is 39.4 Å². The minimum Gasteiger partial charge on any atom is -0.379 e. The zero-order chi connectivity index (χ0) is 13.6. The Kier molecular flexibility index (Phi) is 4.73. The predicted molar refractivity (Wildman–Crippen MR) is 82.0 cm³/mol. The predicted octanol–water partition coefficient (Wildman–Crippen LogP) is 2.50. The molecule has 20 heavy (non-hydrogen) atoms. The van der Waals surface area contributed by atoms with Crippen molar-refractivity contribution in [2.45, 2.75) is 4.90 Å². The van der Waals surface area contributed by atoms with Crippen molar-refractivity contribution in [3.05, 3.63) is 36.7 Å². The van der Waals surface area contributed by atoms with Gasteiger partial charge in [0.05, 0.1) is 19.4 Å². The molecule has 106 valence electrons. The fourth-order valence-corrected chi connectivity index (χ4v) is 3.26. The van der Waals surface area contributed by atoms with Crippen molar-refractivity contribution < 1.29 is 4.74 Å². The second kappa shape index (κ2) is 6.92. The molecule has 1 saturated heterocycles. The molecule has 0 spiro atoms. The highest BCUT2D eigenvalue weighted by atomic mass is 32.2. The van der Waals surface area contributed by atoms with Gasteiger partial charge in [-0.25, -0.2) is 0 Å². The van der Waals surface area contributed by atoms with Gasteiger partial charge in [-0.05, 0) is 17.7 Å². The highest BCUT2D eigenvalue weighted by Gasteiger charge is 2.09. The van der Waals surface area contributed by atoms with Gasteiger partial charge in [0, 0.05) is 42.0 Å². The van der Waals surface area contributed by atoms with Crippen LogP contribution in [0.15, 0.2) is 41.6 Å². The highest BCUT2D eigenvalue weighted by Crippen LogP contribution is 2.25. The first-order valence-electron chi connectivity index (χ1n) is 6.94. The van der Waals surface area contributed by atoms with E-state index in [9.17, 15) is 0 Å². The minimum absolute atomic E-state index is 0.876. The molecule has 1 fully saturated rings. The Hall–Kier alpha value is -1.30. The van der Waals surface area contributed by atoms with Gasteiger partial charge in [-0.3, -0.25) is 10.00 Å². The number of H-pyrrole nitrogens is 1. The van der Waals surface area contributed by atoms with Crippen LogP contribution < -0.4 is 0 Å². The Labute approximate surface area is 123 Å². The molecule has 3 rings (SSSR count). The van der Waals surface area contributed by atoms with Crippen LogP contribution in [0.2, 0.25) is 0 Å². The van der Waals surface area contributed by atoms with Crippen LogP contribution in [0, 0.1) is 0 Å². The average Bonchev–Trinajstić information content (AvgIpc) is 3.03. The number of hydrogen-bond donors (Lipinski definition) is 1. The van der Waals surface area contributed by atoms with Crippen LogP contribution in [0.5, 0.6) is 0 Å². The smallest absolute Gasteiger partial charge is 0.0594 e. The van der Waals surface area contributed by atoms with Gasteiger partial charge in [-0.2, -0.15) is 5.10 Å². The fourth-order valence-electron chi connectivity index (χ4n) is 2.29. The third-order valence-electron chi connectivity index (χ3n) is 3.45. The normalized spacial score (nSPS) is 16.4. The topological polar surface area (TPSA) is 41.1 Å². The number of aromatic nitrogens is 2. The molecule has 0 saturated carbocycles. The molecule has 1 aromatic heterocycles. The molecule has 0 atom stereocenters. The SMILES string of the molecule is c1cc(SCCN2CCOCC2)cc(-c2cn[nH]c2)c1. The van der Waals surface area contributed by atoms with Gasteiger partial charge in [0.2, 0.25) is 0 Å². The van der Waals surface area contributed by atoms with Crippen LogP contribution in [0.25, 0.3) is 11.1 Å². The zero-order valence-corrected chi connectivity index (χ0v) is 12.2. The van der Waals surface area contributed by atoms with Crippen molar-refractivity contribution in [3.8, 4) is 11.1 Å². The van der Waals surface area contributed by atoms with Crippen molar-refractivity contribution in [2.24, 2.45) is 0 Å². The molecule has 1 N–H and O–H groups in total. The second-order valence-electron chi connectivity index (χ2n) is 4.82. The standard InChI is InChI=1S/C15H19N3OS/c1-2-13(14-11-16-17-12-14)10-15(3-1)20-9-6-18-4-7-19-8-5-18/h1-3,10-12H,4-9H2,(H,16,17). The molecule has 0 bridgehead atoms. The molecule has 1 aliphatic heterocycles. The number of nitrogens with one attached hydrogen (secondary N) is 1. The number of aromatic amines is 1. The molecule has 1 aliphatic rings. The average molecular weight is 289 g/mol. The van der Waals surface area contributed by atoms with E-state index >= 15 is 0 Å². The fraction of sp³-hybridized carbons (Fsp3) is 0.400. The Bertz CT molecular complexity index is 524. The lowest BCUT2D eigenvalue weighted by atomic mass is 10.1. The number of rotatable bonds is 5. The lowest BCUT2D eigenvalue weighted by Crippen LogP contribution is -2.37. The minimum atomic E-state index is 0.876. The van der Waals surface area contributed by atoms with E-state index < -0.39 is 0 Å². The molecule has 0 radical (unpaired) electrons. The van der Waals surface area contributed by atoms with Gasteiger partial charge < -0.3 is 4.74 Å². The number of morpholine rings is 1. The largest absolute Gasteiger partial charge is 0.379 e. The molecule has 0 amide bonds. The number of hydrogen-bond acceptors (Lipinski definition) is 4. The third-order valence-corrected chi connectivity index (χ3v) is 4.42. The zero-order valence-electron chi connectivity index (χ0n) is 11.4. The molecule has 2 heterocycles. The molecule has 5 heteroatoms. The summed E-state index contributed by atoms with van der Waals surface area (Å²) in [6, 6.07) is 8.64. The number of nitrogens with zero attached hydrogens (tertiary/aromatic N) is 2. The van der Waals surface area contributed by atoms with Crippen LogP contribution >= 0.6 is 11.8 Å². The molecule has 1 aromatic carbocycles. The number of thioether (sulfide) groups is 1. The van der Waals surface area contributed by atoms with Gasteiger partial charge in [0.15, 0.2) is 0 Å². The first-order valence-corrected chi connectivity index (χ1v) is 7.92.